The van der Waals surface area contributed by atoms with Crippen molar-refractivity contribution in [1.29, 1.82) is 0 Å². The molecule has 1 aromatic rings. The molecule has 0 bridgehead atoms. The van der Waals surface area contributed by atoms with Crippen LogP contribution in [0.3, 0.4) is 0 Å². The summed E-state index contributed by atoms with van der Waals surface area (Å²) in [4.78, 5) is 14.1. The molecule has 4 nitrogen and oxygen atoms in total. The molecule has 11 heteroatoms. The topological polar surface area (TPSA) is 62.6 Å². The fourth-order valence-electron chi connectivity index (χ4n) is 1.41. The van der Waals surface area contributed by atoms with Crippen molar-refractivity contribution in [3.8, 4) is 0 Å². The first-order valence-corrected chi connectivity index (χ1v) is 7.98. The Morgan fingerprint density at radius 1 is 1.48 bits per heavy atom. The van der Waals surface area contributed by atoms with Gasteiger partial charge in [0.1, 0.15) is 10.8 Å². The highest BCUT2D eigenvalue weighted by Gasteiger charge is 2.39. The van der Waals surface area contributed by atoms with E-state index in [2.05, 4.69) is 9.35 Å². The molecule has 120 valence electrons. The van der Waals surface area contributed by atoms with Crippen LogP contribution in [0.5, 0.6) is 0 Å². The molecular formula is C10H10ClF5N2O2S. The van der Waals surface area contributed by atoms with Crippen LogP contribution in [0.1, 0.15) is 17.7 Å². The Hall–Kier alpha value is -1.13. The molecule has 0 spiro atoms. The summed E-state index contributed by atoms with van der Waals surface area (Å²) < 4.78 is 73.8. The number of thiol groups is 1. The second-order valence-electron chi connectivity index (χ2n) is 4.17. The van der Waals surface area contributed by atoms with Crippen LogP contribution in [0.4, 0.5) is 22.0 Å². The molecule has 0 aromatic carbocycles. The maximum Gasteiger partial charge on any atom is 0.474 e. The molecular weight excluding hydrogens is 343 g/mol. The van der Waals surface area contributed by atoms with E-state index in [9.17, 15) is 31.3 Å². The zero-order valence-electron chi connectivity index (χ0n) is 10.4. The van der Waals surface area contributed by atoms with Crippen LogP contribution >= 0.6 is 11.6 Å². The lowest BCUT2D eigenvalue weighted by Gasteiger charge is -2.18. The average Bonchev–Trinajstić information content (AvgIpc) is 2.24. The summed E-state index contributed by atoms with van der Waals surface area (Å²) in [5.74, 6) is -2.92. The molecule has 0 unspecified atom stereocenters. The fourth-order valence-corrected chi connectivity index (χ4v) is 3.10. The molecule has 0 radical (unpaired) electrons. The van der Waals surface area contributed by atoms with Crippen LogP contribution in [-0.2, 0) is 20.7 Å². The molecule has 1 N–H and O–H groups in total. The maximum atomic E-state index is 12.5. The van der Waals surface area contributed by atoms with Gasteiger partial charge in [-0.25, -0.2) is 13.8 Å². The van der Waals surface area contributed by atoms with Crippen LogP contribution < -0.4 is 0 Å². The summed E-state index contributed by atoms with van der Waals surface area (Å²) in [7, 11) is -3.66. The van der Waals surface area contributed by atoms with Crippen LogP contribution in [0.2, 0.25) is 5.15 Å². The first-order valence-electron chi connectivity index (χ1n) is 5.28. The first kappa shape index (κ1) is 17.9. The van der Waals surface area contributed by atoms with E-state index in [-0.39, 0.29) is 10.7 Å². The van der Waals surface area contributed by atoms with Gasteiger partial charge in [0, 0.05) is 5.75 Å². The number of aromatic nitrogens is 1. The Bertz CT molecular complexity index is 600. The fraction of sp³-hybridized carbons (Fsp3) is 0.400. The van der Waals surface area contributed by atoms with Crippen molar-refractivity contribution >= 4 is 27.6 Å². The average molecular weight is 353 g/mol. The van der Waals surface area contributed by atoms with E-state index in [4.69, 9.17) is 11.6 Å². The van der Waals surface area contributed by atoms with Crippen molar-refractivity contribution in [3.63, 3.8) is 0 Å². The third kappa shape index (κ3) is 5.64. The summed E-state index contributed by atoms with van der Waals surface area (Å²) >= 11 is 5.51. The molecule has 21 heavy (non-hydrogen) atoms. The number of carbonyl (C=O) groups is 1. The monoisotopic (exact) mass is 352 g/mol. The maximum absolute atomic E-state index is 12.5. The molecule has 1 aromatic heterocycles. The highest BCUT2D eigenvalue weighted by molar-refractivity contribution is 7.98. The molecule has 0 aliphatic rings. The van der Waals surface area contributed by atoms with E-state index in [0.717, 1.165) is 18.4 Å². The standard InChI is InChI=1S/C10H10ClF5N2O2S/c1-21(20,18-9(19)10(14,15)16)4-5-2-6(8(12)13)17-7(11)3-5/h2-3,8,21H,4H2,1H3,(H,18,19,20). The molecule has 0 fully saturated rings. The number of pyridine rings is 1. The van der Waals surface area contributed by atoms with Gasteiger partial charge >= 0.3 is 12.1 Å². The van der Waals surface area contributed by atoms with E-state index >= 15 is 0 Å². The Kier molecular flexibility index (Phi) is 5.40. The summed E-state index contributed by atoms with van der Waals surface area (Å²) in [5, 5.41) is -0.301. The summed E-state index contributed by atoms with van der Waals surface area (Å²) in [6, 6.07) is 1.99. The third-order valence-corrected chi connectivity index (χ3v) is 3.90. The molecule has 0 atom stereocenters. The van der Waals surface area contributed by atoms with Gasteiger partial charge in [-0.1, -0.05) is 11.6 Å². The Morgan fingerprint density at radius 2 is 2.05 bits per heavy atom. The summed E-state index contributed by atoms with van der Waals surface area (Å²) in [6.07, 6.45) is -7.18. The minimum atomic E-state index is -5.20. The lowest BCUT2D eigenvalue weighted by atomic mass is 10.2. The lowest BCUT2D eigenvalue weighted by molar-refractivity contribution is -0.169. The smallest absolute Gasteiger partial charge is 0.344 e. The van der Waals surface area contributed by atoms with Gasteiger partial charge in [-0.05, 0) is 24.0 Å². The summed E-state index contributed by atoms with van der Waals surface area (Å²) in [5.41, 5.74) is -0.665. The van der Waals surface area contributed by atoms with Gasteiger partial charge in [0.15, 0.2) is 0 Å². The van der Waals surface area contributed by atoms with Gasteiger partial charge in [0.2, 0.25) is 0 Å². The Morgan fingerprint density at radius 3 is 2.52 bits per heavy atom. The van der Waals surface area contributed by atoms with Gasteiger partial charge < -0.3 is 4.55 Å². The molecule has 0 aliphatic carbocycles. The minimum Gasteiger partial charge on any atom is -0.344 e. The van der Waals surface area contributed by atoms with Gasteiger partial charge in [-0.3, -0.25) is 4.79 Å². The third-order valence-electron chi connectivity index (χ3n) is 2.13. The number of halogens is 6. The predicted molar refractivity (Wildman–Crippen MR) is 68.7 cm³/mol. The van der Waals surface area contributed by atoms with Gasteiger partial charge in [-0.15, -0.1) is 10.1 Å². The minimum absolute atomic E-state index is 0.0161. The molecule has 0 saturated heterocycles. The van der Waals surface area contributed by atoms with Gasteiger partial charge in [0.25, 0.3) is 6.43 Å². The molecule has 0 saturated carbocycles. The quantitative estimate of drug-likeness (QED) is 0.497. The second-order valence-corrected chi connectivity index (χ2v) is 7.25. The van der Waals surface area contributed by atoms with Crippen molar-refractivity contribution in [3.05, 3.63) is 28.5 Å². The summed E-state index contributed by atoms with van der Waals surface area (Å²) in [6.45, 7) is 0. The van der Waals surface area contributed by atoms with E-state index < -0.39 is 40.1 Å². The van der Waals surface area contributed by atoms with Gasteiger partial charge in [-0.2, -0.15) is 17.5 Å². The van der Waals surface area contributed by atoms with Crippen molar-refractivity contribution < 1.29 is 31.3 Å². The van der Waals surface area contributed by atoms with Crippen molar-refractivity contribution in [2.45, 2.75) is 18.4 Å². The zero-order valence-corrected chi connectivity index (χ0v) is 12.1. The Balaban J connectivity index is 3.09. The molecule has 1 rings (SSSR count). The molecule has 1 amide bonds. The van der Waals surface area contributed by atoms with Crippen molar-refractivity contribution in [2.75, 3.05) is 6.26 Å². The lowest BCUT2D eigenvalue weighted by Crippen LogP contribution is -2.24. The Labute approximate surface area is 122 Å². The number of amides is 1. The van der Waals surface area contributed by atoms with Crippen LogP contribution in [-0.4, -0.2) is 27.9 Å². The predicted octanol–water partition coefficient (Wildman–Crippen LogP) is 3.43. The largest absolute Gasteiger partial charge is 0.474 e. The SMILES string of the molecule is C[SH](O)(Cc1cc(Cl)nc(C(F)F)c1)=NC(=O)C(F)(F)F. The zero-order chi connectivity index (χ0) is 16.4. The normalized spacial score (nSPS) is 13.4. The van der Waals surface area contributed by atoms with E-state index in [1.807, 2.05) is 0 Å². The van der Waals surface area contributed by atoms with Crippen molar-refractivity contribution in [1.82, 2.24) is 4.98 Å². The second kappa shape index (κ2) is 6.32. The van der Waals surface area contributed by atoms with E-state index in [1.165, 1.54) is 0 Å². The molecule has 0 aliphatic heterocycles. The number of rotatable bonds is 3. The van der Waals surface area contributed by atoms with E-state index in [0.29, 0.717) is 0 Å². The van der Waals surface area contributed by atoms with Crippen LogP contribution in [0, 0.1) is 0 Å². The number of hydrogen-bond acceptors (Lipinski definition) is 2. The molecule has 1 heterocycles. The number of carbonyl (C=O) groups excluding carboxylic acids is 1. The van der Waals surface area contributed by atoms with Crippen molar-refractivity contribution in [2.24, 2.45) is 4.36 Å². The van der Waals surface area contributed by atoms with Crippen LogP contribution in [0.25, 0.3) is 0 Å². The van der Waals surface area contributed by atoms with E-state index in [1.54, 1.807) is 0 Å². The number of hydrogen-bond donors (Lipinski definition) is 2. The van der Waals surface area contributed by atoms with Crippen LogP contribution in [0.15, 0.2) is 16.5 Å². The van der Waals surface area contributed by atoms with Gasteiger partial charge in [0.05, 0.1) is 0 Å². The number of nitrogens with zero attached hydrogens (tertiary/aromatic N) is 2. The first-order chi connectivity index (χ1) is 9.40. The highest BCUT2D eigenvalue weighted by atomic mass is 35.5. The highest BCUT2D eigenvalue weighted by Crippen LogP contribution is 2.24. The number of alkyl halides is 5.